The van der Waals surface area contributed by atoms with Crippen molar-refractivity contribution in [3.05, 3.63) is 18.6 Å². The Hall–Kier alpha value is -1.70. The van der Waals surface area contributed by atoms with Gasteiger partial charge in [0.05, 0.1) is 18.6 Å². The van der Waals surface area contributed by atoms with Crippen molar-refractivity contribution < 1.29 is 10.2 Å². The number of aliphatic hydroxyl groups excluding tert-OH is 2. The maximum atomic E-state index is 9.65. The number of aromatic nitrogens is 3. The van der Waals surface area contributed by atoms with Gasteiger partial charge in [-0.15, -0.1) is 0 Å². The van der Waals surface area contributed by atoms with Crippen molar-refractivity contribution in [2.24, 2.45) is 23.7 Å². The standard InChI is InChI=1S/C18H26N4O.C12H23NO/c23-11-10-22(18-15-8-9-19-17(15)20-12-21-18)16-7-3-5-13-4-1-2-6-14(13)16;14-9-8-13-12-7-3-5-10-4-1-2-6-11(10)12/h8-9,12-14,16,23H,1-7,10-11H2,(H,19,20,21);10-14H,1-9H2. The zero-order valence-corrected chi connectivity index (χ0v) is 22.7. The molecule has 2 heterocycles. The van der Waals surface area contributed by atoms with Crippen molar-refractivity contribution in [3.8, 4) is 0 Å². The minimum Gasteiger partial charge on any atom is -0.395 e. The van der Waals surface area contributed by atoms with Gasteiger partial charge in [-0.3, -0.25) is 0 Å². The van der Waals surface area contributed by atoms with Crippen LogP contribution in [0.1, 0.15) is 89.9 Å². The van der Waals surface area contributed by atoms with E-state index in [4.69, 9.17) is 5.11 Å². The van der Waals surface area contributed by atoms with Gasteiger partial charge in [0.1, 0.15) is 17.8 Å². The van der Waals surface area contributed by atoms with Crippen LogP contribution in [0.15, 0.2) is 18.6 Å². The summed E-state index contributed by atoms with van der Waals surface area (Å²) in [7, 11) is 0. The van der Waals surface area contributed by atoms with Crippen LogP contribution in [0.3, 0.4) is 0 Å². The van der Waals surface area contributed by atoms with Crippen LogP contribution in [0.4, 0.5) is 5.82 Å². The minimum absolute atomic E-state index is 0.170. The lowest BCUT2D eigenvalue weighted by atomic mass is 9.68. The molecule has 0 spiro atoms. The summed E-state index contributed by atoms with van der Waals surface area (Å²) in [6, 6.07) is 3.27. The van der Waals surface area contributed by atoms with E-state index in [1.165, 1.54) is 89.9 Å². The second kappa shape index (κ2) is 13.4. The van der Waals surface area contributed by atoms with E-state index in [0.29, 0.717) is 18.6 Å². The molecule has 206 valence electrons. The normalized spacial score (nSPS) is 31.6. The number of fused-ring (bicyclic) bond motifs is 3. The van der Waals surface area contributed by atoms with Gasteiger partial charge in [-0.2, -0.15) is 0 Å². The van der Waals surface area contributed by atoms with Crippen molar-refractivity contribution in [2.75, 3.05) is 31.2 Å². The lowest BCUT2D eigenvalue weighted by Crippen LogP contribution is -2.48. The maximum absolute atomic E-state index is 9.65. The van der Waals surface area contributed by atoms with Crippen LogP contribution in [0.25, 0.3) is 11.0 Å². The lowest BCUT2D eigenvalue weighted by Gasteiger charge is -2.46. The molecule has 0 aromatic carbocycles. The monoisotopic (exact) mass is 511 g/mol. The molecular formula is C30H49N5O2. The first kappa shape index (κ1) is 26.9. The third-order valence-electron chi connectivity index (χ3n) is 9.98. The number of nitrogens with zero attached hydrogens (tertiary/aromatic N) is 3. The van der Waals surface area contributed by atoms with E-state index in [0.717, 1.165) is 47.1 Å². The van der Waals surface area contributed by atoms with Gasteiger partial charge < -0.3 is 25.4 Å². The van der Waals surface area contributed by atoms with E-state index in [1.807, 2.05) is 6.20 Å². The first-order valence-electron chi connectivity index (χ1n) is 15.3. The molecular weight excluding hydrogens is 462 g/mol. The van der Waals surface area contributed by atoms with Crippen molar-refractivity contribution in [1.29, 1.82) is 0 Å². The highest BCUT2D eigenvalue weighted by molar-refractivity contribution is 5.87. The van der Waals surface area contributed by atoms with Gasteiger partial charge in [0.15, 0.2) is 0 Å². The van der Waals surface area contributed by atoms with E-state index in [1.54, 1.807) is 6.33 Å². The molecule has 2 aromatic rings. The molecule has 6 rings (SSSR count). The second-order valence-electron chi connectivity index (χ2n) is 12.0. The fraction of sp³-hybridized carbons (Fsp3) is 0.800. The van der Waals surface area contributed by atoms with E-state index in [2.05, 4.69) is 31.2 Å². The fourth-order valence-corrected chi connectivity index (χ4v) is 8.36. The first-order chi connectivity index (χ1) is 18.3. The summed E-state index contributed by atoms with van der Waals surface area (Å²) in [5, 5.41) is 23.1. The zero-order valence-electron chi connectivity index (χ0n) is 22.7. The van der Waals surface area contributed by atoms with Crippen LogP contribution in [0.2, 0.25) is 0 Å². The summed E-state index contributed by atoms with van der Waals surface area (Å²) >= 11 is 0. The van der Waals surface area contributed by atoms with Crippen LogP contribution in [0, 0.1) is 23.7 Å². The number of hydrogen-bond donors (Lipinski definition) is 4. The summed E-state index contributed by atoms with van der Waals surface area (Å²) in [5.74, 6) is 4.53. The van der Waals surface area contributed by atoms with Crippen molar-refractivity contribution in [1.82, 2.24) is 20.3 Å². The Bertz CT molecular complexity index is 947. The minimum atomic E-state index is 0.170. The lowest BCUT2D eigenvalue weighted by molar-refractivity contribution is 0.122. The smallest absolute Gasteiger partial charge is 0.142 e. The van der Waals surface area contributed by atoms with Crippen LogP contribution in [-0.4, -0.2) is 63.6 Å². The Morgan fingerprint density at radius 3 is 2.30 bits per heavy atom. The van der Waals surface area contributed by atoms with Gasteiger partial charge in [-0.25, -0.2) is 9.97 Å². The molecule has 7 nitrogen and oxygen atoms in total. The first-order valence-corrected chi connectivity index (χ1v) is 15.3. The molecule has 0 saturated heterocycles. The third-order valence-corrected chi connectivity index (χ3v) is 9.98. The van der Waals surface area contributed by atoms with Gasteiger partial charge in [0.25, 0.3) is 0 Å². The SMILES string of the molecule is OCCN(c1ncnc2[nH]ccc12)C1CCCC2CCCCC21.OCCNC1CCCC2CCCCC21. The van der Waals surface area contributed by atoms with Crippen molar-refractivity contribution in [2.45, 2.75) is 102 Å². The van der Waals surface area contributed by atoms with Crippen LogP contribution in [0.5, 0.6) is 0 Å². The molecule has 4 N–H and O–H groups in total. The predicted molar refractivity (Wildman–Crippen MR) is 150 cm³/mol. The number of rotatable bonds is 7. The van der Waals surface area contributed by atoms with E-state index in [-0.39, 0.29) is 13.2 Å². The molecule has 4 saturated carbocycles. The number of H-pyrrole nitrogens is 1. The molecule has 4 fully saturated rings. The Morgan fingerprint density at radius 1 is 0.811 bits per heavy atom. The summed E-state index contributed by atoms with van der Waals surface area (Å²) in [6.07, 6.45) is 22.9. The van der Waals surface area contributed by atoms with Crippen molar-refractivity contribution >= 4 is 16.9 Å². The maximum Gasteiger partial charge on any atom is 0.142 e. The molecule has 0 aliphatic heterocycles. The molecule has 6 unspecified atom stereocenters. The Labute approximate surface area is 222 Å². The number of aromatic amines is 1. The molecule has 2 aromatic heterocycles. The second-order valence-corrected chi connectivity index (χ2v) is 12.0. The van der Waals surface area contributed by atoms with Gasteiger partial charge in [0.2, 0.25) is 0 Å². The molecule has 6 atom stereocenters. The summed E-state index contributed by atoms with van der Waals surface area (Å²) in [4.78, 5) is 14.5. The van der Waals surface area contributed by atoms with E-state index in [9.17, 15) is 5.11 Å². The Kier molecular flexibility index (Phi) is 9.73. The predicted octanol–water partition coefficient (Wildman–Crippen LogP) is 5.04. The van der Waals surface area contributed by atoms with Crippen LogP contribution >= 0.6 is 0 Å². The average molecular weight is 512 g/mol. The Morgan fingerprint density at radius 2 is 1.51 bits per heavy atom. The summed E-state index contributed by atoms with van der Waals surface area (Å²) < 4.78 is 0. The van der Waals surface area contributed by atoms with Crippen molar-refractivity contribution in [3.63, 3.8) is 0 Å². The highest BCUT2D eigenvalue weighted by atomic mass is 16.3. The van der Waals surface area contributed by atoms with Gasteiger partial charge in [-0.1, -0.05) is 64.2 Å². The molecule has 4 aliphatic carbocycles. The number of aliphatic hydroxyl groups is 2. The Balaban J connectivity index is 0.000000171. The fourth-order valence-electron chi connectivity index (χ4n) is 8.36. The van der Waals surface area contributed by atoms with Gasteiger partial charge >= 0.3 is 0 Å². The molecule has 0 bridgehead atoms. The van der Waals surface area contributed by atoms with Gasteiger partial charge in [-0.05, 0) is 55.4 Å². The molecule has 37 heavy (non-hydrogen) atoms. The third kappa shape index (κ3) is 6.31. The molecule has 4 aliphatic rings. The van der Waals surface area contributed by atoms with Crippen LogP contribution < -0.4 is 10.2 Å². The largest absolute Gasteiger partial charge is 0.395 e. The van der Waals surface area contributed by atoms with E-state index < -0.39 is 0 Å². The zero-order chi connectivity index (χ0) is 25.5. The van der Waals surface area contributed by atoms with E-state index >= 15 is 0 Å². The number of hydrogen-bond acceptors (Lipinski definition) is 6. The highest BCUT2D eigenvalue weighted by Crippen LogP contribution is 2.44. The van der Waals surface area contributed by atoms with Crippen LogP contribution in [-0.2, 0) is 0 Å². The number of nitrogens with one attached hydrogen (secondary N) is 2. The quantitative estimate of drug-likeness (QED) is 0.416. The topological polar surface area (TPSA) is 97.3 Å². The molecule has 0 radical (unpaired) electrons. The molecule has 0 amide bonds. The molecule has 7 heteroatoms. The number of anilines is 1. The summed E-state index contributed by atoms with van der Waals surface area (Å²) in [6.45, 7) is 1.90. The highest BCUT2D eigenvalue weighted by Gasteiger charge is 2.38. The van der Waals surface area contributed by atoms with Gasteiger partial charge in [0, 0.05) is 31.4 Å². The summed E-state index contributed by atoms with van der Waals surface area (Å²) in [5.41, 5.74) is 0.883. The average Bonchev–Trinajstić information content (AvgIpc) is 3.44.